The number of thioether (sulfide) groups is 1. The summed E-state index contributed by atoms with van der Waals surface area (Å²) in [5.41, 5.74) is 4.30. The van der Waals surface area contributed by atoms with E-state index in [1.54, 1.807) is 0 Å². The number of aromatic nitrogens is 4. The van der Waals surface area contributed by atoms with E-state index < -0.39 is 84.6 Å². The van der Waals surface area contributed by atoms with Gasteiger partial charge in [0.2, 0.25) is 11.8 Å². The van der Waals surface area contributed by atoms with Gasteiger partial charge in [-0.1, -0.05) is 161 Å². The van der Waals surface area contributed by atoms with Crippen molar-refractivity contribution in [2.24, 2.45) is 11.3 Å². The number of nitrogens with two attached hydrogens (primary N) is 1. The van der Waals surface area contributed by atoms with Gasteiger partial charge in [0, 0.05) is 37.1 Å². The van der Waals surface area contributed by atoms with Gasteiger partial charge in [-0.3, -0.25) is 32.5 Å². The van der Waals surface area contributed by atoms with Crippen LogP contribution in [0.3, 0.4) is 0 Å². The van der Waals surface area contributed by atoms with Crippen molar-refractivity contribution in [3.63, 3.8) is 0 Å². The number of unbranched alkanes of at least 4 members (excludes halogenated alkanes) is 18. The number of fused-ring (bicyclic) bond motifs is 1. The fraction of sp³-hybridized carbons (Fsp3) is 0.826. The second-order valence-corrected chi connectivity index (χ2v) is 25.3. The van der Waals surface area contributed by atoms with Gasteiger partial charge in [-0.2, -0.15) is 4.31 Å². The van der Waals surface area contributed by atoms with E-state index in [-0.39, 0.29) is 41.6 Å². The number of nitrogen functional groups attached to an aromatic ring is 1. The van der Waals surface area contributed by atoms with Crippen LogP contribution < -0.4 is 16.4 Å². The third kappa shape index (κ3) is 26.3. The summed E-state index contributed by atoms with van der Waals surface area (Å²) >= 11 is 1.16. The number of phosphoric acid groups is 3. The van der Waals surface area contributed by atoms with Crippen molar-refractivity contribution in [2.45, 2.75) is 200 Å². The van der Waals surface area contributed by atoms with Gasteiger partial charge < -0.3 is 50.9 Å². The fourth-order valence-electron chi connectivity index (χ4n) is 8.19. The normalized spacial score (nSPS) is 19.4. The summed E-state index contributed by atoms with van der Waals surface area (Å²) in [5.74, 6) is -0.179. The Bertz CT molecular complexity index is 2140. The smallest absolute Gasteiger partial charge is 0.386 e. The minimum absolute atomic E-state index is 0.0345. The van der Waals surface area contributed by atoms with Crippen molar-refractivity contribution in [1.29, 1.82) is 0 Å². The lowest BCUT2D eigenvalue weighted by Gasteiger charge is -2.30. The molecule has 1 aliphatic rings. The molecule has 2 aromatic heterocycles. The Kier molecular flexibility index (Phi) is 30.0. The molecule has 28 heteroatoms. The molecule has 2 amide bonds. The summed E-state index contributed by atoms with van der Waals surface area (Å²) in [4.78, 5) is 88.6. The fourth-order valence-corrected chi connectivity index (χ4v) is 11.7. The number of amides is 2. The lowest BCUT2D eigenvalue weighted by atomic mass is 9.87. The van der Waals surface area contributed by atoms with Crippen LogP contribution in [0.1, 0.15) is 175 Å². The maximum Gasteiger partial charge on any atom is 0.481 e. The number of aliphatic hydroxyl groups is 2. The molecular formula is C46H84N7O17P3S. The summed E-state index contributed by atoms with van der Waals surface area (Å²) in [6, 6.07) is 0. The average Bonchev–Trinajstić information content (AvgIpc) is 3.88. The number of ether oxygens (including phenoxy) is 1. The molecule has 1 saturated heterocycles. The van der Waals surface area contributed by atoms with E-state index in [4.69, 9.17) is 19.5 Å². The number of nitrogens with zero attached hydrogens (tertiary/aromatic N) is 4. The largest absolute Gasteiger partial charge is 0.481 e. The van der Waals surface area contributed by atoms with Crippen molar-refractivity contribution < 1.29 is 80.5 Å². The van der Waals surface area contributed by atoms with E-state index in [1.807, 2.05) is 0 Å². The molecule has 3 heterocycles. The molecule has 7 atom stereocenters. The molecule has 426 valence electrons. The summed E-state index contributed by atoms with van der Waals surface area (Å²) in [5, 5.41) is 26.7. The molecule has 0 spiro atoms. The van der Waals surface area contributed by atoms with E-state index in [9.17, 15) is 57.9 Å². The van der Waals surface area contributed by atoms with Gasteiger partial charge in [0.05, 0.1) is 19.5 Å². The molecule has 0 aliphatic carbocycles. The molecule has 2 aromatic rings. The van der Waals surface area contributed by atoms with Crippen LogP contribution in [0.25, 0.3) is 11.2 Å². The van der Waals surface area contributed by atoms with E-state index in [0.29, 0.717) is 12.2 Å². The third-order valence-electron chi connectivity index (χ3n) is 12.4. The lowest BCUT2D eigenvalue weighted by molar-refractivity contribution is -0.137. The molecule has 1 aliphatic heterocycles. The Morgan fingerprint density at radius 1 is 0.784 bits per heavy atom. The Balaban J connectivity index is 1.21. The SMILES string of the molecule is CC(C)CCCCCCCCCCCCCCCCCCCCCC(=O)SCCNC(=O)CCNC(=O)[C@@H](O)C(C)(C)COP(=O)(O)OP(=O)(O)OC[C@@H]1O[C@H](n2cnc3c(N)ncnc32)[C@@H](O)[C@H]1OP(=O)(O)O. The number of hydrogen-bond acceptors (Lipinski definition) is 18. The maximum absolute atomic E-state index is 12.8. The Labute approximate surface area is 439 Å². The number of carbonyl (C=O) groups excluding carboxylic acids is 3. The van der Waals surface area contributed by atoms with E-state index >= 15 is 0 Å². The number of nitrogens with one attached hydrogen (secondary N) is 2. The number of aliphatic hydroxyl groups excluding tert-OH is 2. The van der Waals surface area contributed by atoms with Gasteiger partial charge in [0.1, 0.15) is 36.3 Å². The molecular weight excluding hydrogens is 1050 g/mol. The van der Waals surface area contributed by atoms with E-state index in [1.165, 1.54) is 123 Å². The highest BCUT2D eigenvalue weighted by Gasteiger charge is 2.50. The van der Waals surface area contributed by atoms with Crippen molar-refractivity contribution in [2.75, 3.05) is 37.8 Å². The van der Waals surface area contributed by atoms with Crippen LogP contribution in [0.5, 0.6) is 0 Å². The Hall–Kier alpha value is -2.44. The number of carbonyl (C=O) groups is 3. The molecule has 74 heavy (non-hydrogen) atoms. The number of imidazole rings is 1. The Morgan fingerprint density at radius 3 is 1.88 bits per heavy atom. The van der Waals surface area contributed by atoms with Crippen LogP contribution in [-0.2, 0) is 50.7 Å². The first-order chi connectivity index (χ1) is 34.9. The highest BCUT2D eigenvalue weighted by Crippen LogP contribution is 2.61. The van der Waals surface area contributed by atoms with Crippen LogP contribution in [0.4, 0.5) is 5.82 Å². The van der Waals surface area contributed by atoms with Crippen LogP contribution in [-0.4, -0.2) is 123 Å². The second-order valence-electron chi connectivity index (χ2n) is 19.9. The average molecular weight is 1130 g/mol. The van der Waals surface area contributed by atoms with Gasteiger partial charge in [-0.25, -0.2) is 28.6 Å². The number of phosphoric ester groups is 3. The highest BCUT2D eigenvalue weighted by atomic mass is 32.2. The molecule has 0 aromatic carbocycles. The molecule has 24 nitrogen and oxygen atoms in total. The van der Waals surface area contributed by atoms with Crippen LogP contribution in [0.2, 0.25) is 0 Å². The second kappa shape index (κ2) is 33.8. The van der Waals surface area contributed by atoms with Gasteiger partial charge in [0.15, 0.2) is 22.8 Å². The first-order valence-corrected chi connectivity index (χ1v) is 31.5. The molecule has 0 radical (unpaired) electrons. The molecule has 0 saturated carbocycles. The molecule has 0 bridgehead atoms. The third-order valence-corrected chi connectivity index (χ3v) is 16.5. The monoisotopic (exact) mass is 1130 g/mol. The van der Waals surface area contributed by atoms with Gasteiger partial charge in [0.25, 0.3) is 0 Å². The summed E-state index contributed by atoms with van der Waals surface area (Å²) in [6.07, 6.45) is 19.5. The zero-order valence-electron chi connectivity index (χ0n) is 43.5. The van der Waals surface area contributed by atoms with Crippen molar-refractivity contribution in [3.05, 3.63) is 12.7 Å². The molecule has 1 fully saturated rings. The first-order valence-electron chi connectivity index (χ1n) is 26.0. The van der Waals surface area contributed by atoms with Crippen molar-refractivity contribution >= 4 is 69.1 Å². The molecule has 3 rings (SSSR count). The number of rotatable bonds is 41. The predicted molar refractivity (Wildman–Crippen MR) is 279 cm³/mol. The first kappa shape index (κ1) is 65.8. The van der Waals surface area contributed by atoms with Crippen LogP contribution >= 0.6 is 35.2 Å². The van der Waals surface area contributed by atoms with Gasteiger partial charge >= 0.3 is 23.5 Å². The number of anilines is 1. The summed E-state index contributed by atoms with van der Waals surface area (Å²) in [7, 11) is -16.4. The van der Waals surface area contributed by atoms with E-state index in [0.717, 1.165) is 54.2 Å². The lowest BCUT2D eigenvalue weighted by Crippen LogP contribution is -2.46. The topological polar surface area (TPSA) is 364 Å². The van der Waals surface area contributed by atoms with Crippen molar-refractivity contribution in [1.82, 2.24) is 30.2 Å². The zero-order valence-corrected chi connectivity index (χ0v) is 47.0. The molecule has 10 N–H and O–H groups in total. The van der Waals surface area contributed by atoms with E-state index in [2.05, 4.69) is 48.3 Å². The van der Waals surface area contributed by atoms with Crippen molar-refractivity contribution in [3.8, 4) is 0 Å². The number of hydrogen-bond donors (Lipinski definition) is 9. The summed E-state index contributed by atoms with van der Waals surface area (Å²) < 4.78 is 62.6. The Morgan fingerprint density at radius 2 is 1.32 bits per heavy atom. The van der Waals surface area contributed by atoms with Crippen LogP contribution in [0.15, 0.2) is 12.7 Å². The minimum Gasteiger partial charge on any atom is -0.386 e. The van der Waals surface area contributed by atoms with Crippen LogP contribution in [0, 0.1) is 11.3 Å². The van der Waals surface area contributed by atoms with Gasteiger partial charge in [-0.15, -0.1) is 0 Å². The van der Waals surface area contributed by atoms with Gasteiger partial charge in [-0.05, 0) is 12.3 Å². The minimum atomic E-state index is -5.58. The standard InChI is InChI=1S/C46H84N7O17P3S/c1-34(2)24-22-20-18-16-14-12-10-8-6-5-7-9-11-13-15-17-19-21-23-25-37(55)74-29-28-48-36(54)26-27-49-44(58)41(57)46(3,4)31-67-73(64,65)70-72(62,63)66-30-35-40(69-71(59,60)61)39(56)45(68-35)53-33-52-38-42(47)50-32-51-43(38)53/h32-35,39-41,45,56-57H,5-31H2,1-4H3,(H,48,54)(H,49,58)(H,62,63)(H,64,65)(H2,47,50,51)(H2,59,60,61)/t35-,39-,40-,41+,45-/m0/s1. The predicted octanol–water partition coefficient (Wildman–Crippen LogP) is 7.51. The molecule has 2 unspecified atom stereocenters. The summed E-state index contributed by atoms with van der Waals surface area (Å²) in [6.45, 7) is 5.20. The highest BCUT2D eigenvalue weighted by molar-refractivity contribution is 8.13. The zero-order chi connectivity index (χ0) is 54.8. The quantitative estimate of drug-likeness (QED) is 0.0230. The maximum atomic E-state index is 12.8.